The van der Waals surface area contributed by atoms with E-state index in [1.165, 1.54) is 18.9 Å². The number of carbonyl (C=O) groups excluding carboxylic acids is 1. The molecule has 0 saturated heterocycles. The van der Waals surface area contributed by atoms with E-state index in [0.29, 0.717) is 17.8 Å². The highest BCUT2D eigenvalue weighted by Crippen LogP contribution is 2.13. The van der Waals surface area contributed by atoms with Gasteiger partial charge in [-0.25, -0.2) is 9.78 Å². The molecule has 0 radical (unpaired) electrons. The van der Waals surface area contributed by atoms with Crippen molar-refractivity contribution in [2.45, 2.75) is 20.3 Å². The van der Waals surface area contributed by atoms with Crippen LogP contribution in [0.3, 0.4) is 0 Å². The fourth-order valence-corrected chi connectivity index (χ4v) is 1.23. The number of hydrogen-bond donors (Lipinski definition) is 1. The number of anilines is 1. The first-order valence-corrected chi connectivity index (χ1v) is 5.00. The third kappa shape index (κ3) is 3.08. The van der Waals surface area contributed by atoms with E-state index in [-0.39, 0.29) is 0 Å². The molecule has 0 aliphatic heterocycles. The number of rotatable bonds is 3. The van der Waals surface area contributed by atoms with E-state index in [4.69, 9.17) is 5.73 Å². The molecule has 0 amide bonds. The summed E-state index contributed by atoms with van der Waals surface area (Å²) in [4.78, 5) is 15.3. The molecule has 4 heteroatoms. The van der Waals surface area contributed by atoms with Crippen molar-refractivity contribution in [1.82, 2.24) is 4.98 Å². The van der Waals surface area contributed by atoms with Gasteiger partial charge in [0.2, 0.25) is 0 Å². The zero-order valence-electron chi connectivity index (χ0n) is 9.78. The van der Waals surface area contributed by atoms with Crippen LogP contribution in [0.25, 0.3) is 0 Å². The number of ether oxygens (including phenoxy) is 1. The Morgan fingerprint density at radius 1 is 1.56 bits per heavy atom. The molecule has 0 fully saturated rings. The van der Waals surface area contributed by atoms with Crippen LogP contribution in [0.2, 0.25) is 0 Å². The lowest BCUT2D eigenvalue weighted by Crippen LogP contribution is -2.05. The van der Waals surface area contributed by atoms with E-state index in [1.807, 2.05) is 19.9 Å². The van der Waals surface area contributed by atoms with E-state index in [1.54, 1.807) is 6.07 Å². The normalized spacial score (nSPS) is 9.69. The lowest BCUT2D eigenvalue weighted by atomic mass is 10.1. The summed E-state index contributed by atoms with van der Waals surface area (Å²) in [5.74, 6) is 0.0519. The van der Waals surface area contributed by atoms with Crippen LogP contribution in [0.5, 0.6) is 0 Å². The minimum Gasteiger partial charge on any atom is -0.465 e. The summed E-state index contributed by atoms with van der Waals surface area (Å²) < 4.78 is 4.62. The molecule has 2 N–H and O–H groups in total. The van der Waals surface area contributed by atoms with Gasteiger partial charge in [0.25, 0.3) is 0 Å². The molecule has 0 saturated carbocycles. The summed E-state index contributed by atoms with van der Waals surface area (Å²) in [5.41, 5.74) is 8.18. The van der Waals surface area contributed by atoms with Crippen LogP contribution >= 0.6 is 0 Å². The third-order valence-corrected chi connectivity index (χ3v) is 2.15. The highest BCUT2D eigenvalue weighted by atomic mass is 16.5. The lowest BCUT2D eigenvalue weighted by Gasteiger charge is -2.05. The molecular weight excluding hydrogens is 204 g/mol. The molecule has 4 nitrogen and oxygen atoms in total. The highest BCUT2D eigenvalue weighted by Gasteiger charge is 2.08. The largest absolute Gasteiger partial charge is 0.465 e. The first-order valence-electron chi connectivity index (χ1n) is 5.00. The molecule has 86 valence electrons. The lowest BCUT2D eigenvalue weighted by molar-refractivity contribution is 0.0600. The topological polar surface area (TPSA) is 65.2 Å². The maximum absolute atomic E-state index is 11.3. The summed E-state index contributed by atoms with van der Waals surface area (Å²) in [5, 5.41) is 0. The van der Waals surface area contributed by atoms with Gasteiger partial charge in [0, 0.05) is 6.20 Å². The Kier molecular flexibility index (Phi) is 4.05. The van der Waals surface area contributed by atoms with Crippen molar-refractivity contribution < 1.29 is 9.53 Å². The minimum atomic E-state index is -0.397. The zero-order valence-corrected chi connectivity index (χ0v) is 9.78. The quantitative estimate of drug-likeness (QED) is 0.624. The summed E-state index contributed by atoms with van der Waals surface area (Å²) in [6.45, 7) is 4.02. The first kappa shape index (κ1) is 12.2. The van der Waals surface area contributed by atoms with E-state index >= 15 is 0 Å². The zero-order chi connectivity index (χ0) is 12.1. The van der Waals surface area contributed by atoms with Crippen molar-refractivity contribution in [2.24, 2.45) is 0 Å². The molecule has 0 aliphatic carbocycles. The molecular formula is C12H16N2O2. The number of carbonyl (C=O) groups is 1. The molecule has 0 bridgehead atoms. The van der Waals surface area contributed by atoms with E-state index in [0.717, 1.165) is 5.56 Å². The molecule has 0 unspecified atom stereocenters. The number of methoxy groups -OCH3 is 1. The Hall–Kier alpha value is -1.84. The van der Waals surface area contributed by atoms with Gasteiger partial charge in [0.1, 0.15) is 5.82 Å². The number of nitrogens with zero attached hydrogens (tertiary/aromatic N) is 1. The Balaban J connectivity index is 2.99. The summed E-state index contributed by atoms with van der Waals surface area (Å²) >= 11 is 0. The number of hydrogen-bond acceptors (Lipinski definition) is 4. The standard InChI is InChI=1S/C12H16N2O2/c1-8(2)4-5-9-6-10(12(15)16-3)7-14-11(9)13/h4,6-7H,5H2,1-3H3,(H2,13,14). The number of pyridine rings is 1. The van der Waals surface area contributed by atoms with Gasteiger partial charge < -0.3 is 10.5 Å². The maximum Gasteiger partial charge on any atom is 0.339 e. The first-order chi connectivity index (χ1) is 7.54. The van der Waals surface area contributed by atoms with Crippen molar-refractivity contribution in [1.29, 1.82) is 0 Å². The predicted octanol–water partition coefficient (Wildman–Crippen LogP) is 1.96. The van der Waals surface area contributed by atoms with Gasteiger partial charge in [-0.15, -0.1) is 0 Å². The Bertz CT molecular complexity index is 421. The molecule has 1 heterocycles. The Morgan fingerprint density at radius 3 is 2.81 bits per heavy atom. The van der Waals surface area contributed by atoms with Crippen molar-refractivity contribution in [2.75, 3.05) is 12.8 Å². The average Bonchev–Trinajstić information content (AvgIpc) is 2.26. The number of esters is 1. The third-order valence-electron chi connectivity index (χ3n) is 2.15. The molecule has 0 spiro atoms. The highest BCUT2D eigenvalue weighted by molar-refractivity contribution is 5.89. The molecule has 1 aromatic heterocycles. The second-order valence-electron chi connectivity index (χ2n) is 3.75. The van der Waals surface area contributed by atoms with Gasteiger partial charge in [-0.05, 0) is 31.9 Å². The molecule has 1 rings (SSSR count). The van der Waals surface area contributed by atoms with Gasteiger partial charge in [-0.1, -0.05) is 11.6 Å². The summed E-state index contributed by atoms with van der Waals surface area (Å²) in [6.07, 6.45) is 4.13. The maximum atomic E-state index is 11.3. The SMILES string of the molecule is COC(=O)c1cnc(N)c(CC=C(C)C)c1. The van der Waals surface area contributed by atoms with Crippen molar-refractivity contribution in [3.05, 3.63) is 35.0 Å². The van der Waals surface area contributed by atoms with Crippen LogP contribution in [0, 0.1) is 0 Å². The fraction of sp³-hybridized carbons (Fsp3) is 0.333. The molecule has 16 heavy (non-hydrogen) atoms. The molecule has 0 aliphatic rings. The summed E-state index contributed by atoms with van der Waals surface area (Å²) in [6, 6.07) is 1.72. The van der Waals surface area contributed by atoms with E-state index < -0.39 is 5.97 Å². The van der Waals surface area contributed by atoms with Gasteiger partial charge >= 0.3 is 5.97 Å². The van der Waals surface area contributed by atoms with Crippen LogP contribution in [-0.2, 0) is 11.2 Å². The van der Waals surface area contributed by atoms with Crippen molar-refractivity contribution >= 4 is 11.8 Å². The molecule has 0 aromatic carbocycles. The van der Waals surface area contributed by atoms with Gasteiger partial charge in [0.15, 0.2) is 0 Å². The predicted molar refractivity (Wildman–Crippen MR) is 63.1 cm³/mol. The van der Waals surface area contributed by atoms with Crippen LogP contribution in [-0.4, -0.2) is 18.1 Å². The molecule has 1 aromatic rings. The number of aromatic nitrogens is 1. The number of nitrogens with two attached hydrogens (primary N) is 1. The second-order valence-corrected chi connectivity index (χ2v) is 3.75. The fourth-order valence-electron chi connectivity index (χ4n) is 1.23. The monoisotopic (exact) mass is 220 g/mol. The minimum absolute atomic E-state index is 0.397. The average molecular weight is 220 g/mol. The Morgan fingerprint density at radius 2 is 2.25 bits per heavy atom. The van der Waals surface area contributed by atoms with Crippen LogP contribution < -0.4 is 5.73 Å². The smallest absolute Gasteiger partial charge is 0.339 e. The number of allylic oxidation sites excluding steroid dienone is 2. The van der Waals surface area contributed by atoms with Crippen molar-refractivity contribution in [3.63, 3.8) is 0 Å². The van der Waals surface area contributed by atoms with E-state index in [2.05, 4.69) is 9.72 Å². The van der Waals surface area contributed by atoms with Gasteiger partial charge in [-0.2, -0.15) is 0 Å². The second kappa shape index (κ2) is 5.30. The van der Waals surface area contributed by atoms with Crippen LogP contribution in [0.15, 0.2) is 23.9 Å². The van der Waals surface area contributed by atoms with Crippen LogP contribution in [0.1, 0.15) is 29.8 Å². The van der Waals surface area contributed by atoms with Crippen molar-refractivity contribution in [3.8, 4) is 0 Å². The summed E-state index contributed by atoms with van der Waals surface area (Å²) in [7, 11) is 1.34. The Labute approximate surface area is 95.1 Å². The van der Waals surface area contributed by atoms with Gasteiger partial charge in [-0.3, -0.25) is 0 Å². The number of nitrogen functional groups attached to an aromatic ring is 1. The molecule has 0 atom stereocenters. The van der Waals surface area contributed by atoms with Gasteiger partial charge in [0.05, 0.1) is 12.7 Å². The van der Waals surface area contributed by atoms with E-state index in [9.17, 15) is 4.79 Å². The van der Waals surface area contributed by atoms with Crippen LogP contribution in [0.4, 0.5) is 5.82 Å².